The quantitative estimate of drug-likeness (QED) is 0.576. The molecular weight excluding hydrogens is 192 g/mol. The molecule has 4 N–H and O–H groups in total. The maximum absolute atomic E-state index is 11.2. The first-order valence-electron chi connectivity index (χ1n) is 4.06. The second-order valence-corrected chi connectivity index (χ2v) is 5.40. The van der Waals surface area contributed by atoms with E-state index in [0.29, 0.717) is 6.54 Å². The standard InChI is InChI=1S/C7H16N2O3S/c1-6(4-8)5-13(11,12)3-2-7(9)10/h6H,2-5,8H2,1H3,(H2,9,10). The predicted molar refractivity (Wildman–Crippen MR) is 50.7 cm³/mol. The van der Waals surface area contributed by atoms with Gasteiger partial charge in [-0.05, 0) is 12.5 Å². The average molecular weight is 208 g/mol. The number of hydrogen-bond donors (Lipinski definition) is 2. The van der Waals surface area contributed by atoms with E-state index in [1.165, 1.54) is 0 Å². The van der Waals surface area contributed by atoms with Gasteiger partial charge in [-0.25, -0.2) is 8.42 Å². The summed E-state index contributed by atoms with van der Waals surface area (Å²) < 4.78 is 22.5. The number of carbonyl (C=O) groups is 1. The second-order valence-electron chi connectivity index (χ2n) is 3.17. The highest BCUT2D eigenvalue weighted by atomic mass is 32.2. The molecule has 0 spiro atoms. The van der Waals surface area contributed by atoms with Crippen LogP contribution >= 0.6 is 0 Å². The molecule has 5 nitrogen and oxygen atoms in total. The van der Waals surface area contributed by atoms with Gasteiger partial charge in [0.05, 0.1) is 11.5 Å². The molecule has 0 rings (SSSR count). The van der Waals surface area contributed by atoms with E-state index in [1.807, 2.05) is 0 Å². The Balaban J connectivity index is 4.02. The fraction of sp³-hybridized carbons (Fsp3) is 0.857. The third-order valence-corrected chi connectivity index (χ3v) is 3.50. The summed E-state index contributed by atoms with van der Waals surface area (Å²) >= 11 is 0. The lowest BCUT2D eigenvalue weighted by Gasteiger charge is -2.08. The Kier molecular flexibility index (Phi) is 4.94. The largest absolute Gasteiger partial charge is 0.370 e. The fourth-order valence-corrected chi connectivity index (χ4v) is 2.52. The number of primary amides is 1. The molecule has 1 atom stereocenters. The molecule has 0 radical (unpaired) electrons. The first kappa shape index (κ1) is 12.4. The molecule has 0 saturated carbocycles. The van der Waals surface area contributed by atoms with Crippen LogP contribution in [0.15, 0.2) is 0 Å². The van der Waals surface area contributed by atoms with E-state index < -0.39 is 15.7 Å². The van der Waals surface area contributed by atoms with Crippen LogP contribution in [-0.4, -0.2) is 32.4 Å². The molecule has 78 valence electrons. The molecule has 1 unspecified atom stereocenters. The van der Waals surface area contributed by atoms with E-state index in [4.69, 9.17) is 11.5 Å². The number of rotatable bonds is 6. The van der Waals surface area contributed by atoms with Gasteiger partial charge in [0, 0.05) is 6.42 Å². The zero-order valence-corrected chi connectivity index (χ0v) is 8.51. The monoisotopic (exact) mass is 208 g/mol. The Hall–Kier alpha value is -0.620. The fourth-order valence-electron chi connectivity index (χ4n) is 0.841. The Morgan fingerprint density at radius 3 is 2.38 bits per heavy atom. The summed E-state index contributed by atoms with van der Waals surface area (Å²) in [4.78, 5) is 10.3. The maximum Gasteiger partial charge on any atom is 0.218 e. The molecule has 0 aromatic rings. The van der Waals surface area contributed by atoms with Crippen molar-refractivity contribution < 1.29 is 13.2 Å². The number of carbonyl (C=O) groups excluding carboxylic acids is 1. The van der Waals surface area contributed by atoms with Gasteiger partial charge in [0.25, 0.3) is 0 Å². The van der Waals surface area contributed by atoms with Crippen molar-refractivity contribution in [3.05, 3.63) is 0 Å². The highest BCUT2D eigenvalue weighted by Gasteiger charge is 2.15. The van der Waals surface area contributed by atoms with Crippen molar-refractivity contribution in [3.8, 4) is 0 Å². The van der Waals surface area contributed by atoms with Gasteiger partial charge in [0.15, 0.2) is 9.84 Å². The minimum atomic E-state index is -3.17. The zero-order valence-electron chi connectivity index (χ0n) is 7.69. The minimum absolute atomic E-state index is 0.0246. The highest BCUT2D eigenvalue weighted by Crippen LogP contribution is 2.01. The van der Waals surface area contributed by atoms with Crippen LogP contribution in [0.4, 0.5) is 0 Å². The molecule has 0 saturated heterocycles. The first-order chi connectivity index (χ1) is 5.87. The molecule has 0 bridgehead atoms. The van der Waals surface area contributed by atoms with Crippen molar-refractivity contribution in [1.82, 2.24) is 0 Å². The van der Waals surface area contributed by atoms with E-state index in [1.54, 1.807) is 6.92 Å². The predicted octanol–water partition coefficient (Wildman–Crippen LogP) is -1.13. The third-order valence-electron chi connectivity index (χ3n) is 1.60. The van der Waals surface area contributed by atoms with Crippen LogP contribution in [0, 0.1) is 5.92 Å². The molecule has 0 heterocycles. The van der Waals surface area contributed by atoms with Crippen molar-refractivity contribution in [2.75, 3.05) is 18.1 Å². The van der Waals surface area contributed by atoms with Crippen LogP contribution in [-0.2, 0) is 14.6 Å². The zero-order chi connectivity index (χ0) is 10.5. The van der Waals surface area contributed by atoms with Crippen molar-refractivity contribution in [3.63, 3.8) is 0 Å². The molecule has 0 aliphatic rings. The van der Waals surface area contributed by atoms with Crippen molar-refractivity contribution in [2.24, 2.45) is 17.4 Å². The minimum Gasteiger partial charge on any atom is -0.370 e. The van der Waals surface area contributed by atoms with Crippen molar-refractivity contribution >= 4 is 15.7 Å². The second kappa shape index (κ2) is 5.18. The van der Waals surface area contributed by atoms with E-state index in [-0.39, 0.29) is 23.8 Å². The van der Waals surface area contributed by atoms with Crippen molar-refractivity contribution in [1.29, 1.82) is 0 Å². The van der Waals surface area contributed by atoms with Gasteiger partial charge in [0.1, 0.15) is 0 Å². The van der Waals surface area contributed by atoms with Crippen LogP contribution in [0.25, 0.3) is 0 Å². The topological polar surface area (TPSA) is 103 Å². The van der Waals surface area contributed by atoms with Gasteiger partial charge in [-0.2, -0.15) is 0 Å². The molecule has 0 aliphatic heterocycles. The summed E-state index contributed by atoms with van der Waals surface area (Å²) in [5.74, 6) is -0.814. The molecule has 0 aromatic heterocycles. The maximum atomic E-state index is 11.2. The highest BCUT2D eigenvalue weighted by molar-refractivity contribution is 7.91. The summed E-state index contributed by atoms with van der Waals surface area (Å²) in [7, 11) is -3.17. The lowest BCUT2D eigenvalue weighted by molar-refractivity contribution is -0.117. The van der Waals surface area contributed by atoms with Gasteiger partial charge in [-0.1, -0.05) is 6.92 Å². The van der Waals surface area contributed by atoms with Gasteiger partial charge in [0.2, 0.25) is 5.91 Å². The van der Waals surface area contributed by atoms with Gasteiger partial charge < -0.3 is 11.5 Å². The Morgan fingerprint density at radius 2 is 2.00 bits per heavy atom. The number of sulfone groups is 1. The van der Waals surface area contributed by atoms with Crippen LogP contribution < -0.4 is 11.5 Å². The van der Waals surface area contributed by atoms with Crippen molar-refractivity contribution in [2.45, 2.75) is 13.3 Å². The summed E-state index contributed by atoms with van der Waals surface area (Å²) in [6.45, 7) is 2.08. The summed E-state index contributed by atoms with van der Waals surface area (Å²) in [6.07, 6.45) is -0.111. The van der Waals surface area contributed by atoms with Crippen LogP contribution in [0.5, 0.6) is 0 Å². The third kappa shape index (κ3) is 6.53. The molecule has 0 aliphatic carbocycles. The number of amides is 1. The van der Waals surface area contributed by atoms with Crippen LogP contribution in [0.3, 0.4) is 0 Å². The van der Waals surface area contributed by atoms with Crippen LogP contribution in [0.1, 0.15) is 13.3 Å². The Bertz CT molecular complexity index is 261. The van der Waals surface area contributed by atoms with Gasteiger partial charge in [-0.15, -0.1) is 0 Å². The lowest BCUT2D eigenvalue weighted by Crippen LogP contribution is -2.25. The van der Waals surface area contributed by atoms with E-state index >= 15 is 0 Å². The summed E-state index contributed by atoms with van der Waals surface area (Å²) in [5, 5.41) is 0. The first-order valence-corrected chi connectivity index (χ1v) is 5.88. The molecule has 0 fully saturated rings. The SMILES string of the molecule is CC(CN)CS(=O)(=O)CCC(N)=O. The van der Waals surface area contributed by atoms with E-state index in [2.05, 4.69) is 0 Å². The normalized spacial score (nSPS) is 14.0. The lowest BCUT2D eigenvalue weighted by atomic mass is 10.2. The summed E-state index contributed by atoms with van der Waals surface area (Å²) in [5.41, 5.74) is 10.1. The molecular formula is C7H16N2O3S. The van der Waals surface area contributed by atoms with Gasteiger partial charge in [-0.3, -0.25) is 4.79 Å². The Labute approximate surface area is 78.4 Å². The van der Waals surface area contributed by atoms with E-state index in [9.17, 15) is 13.2 Å². The molecule has 0 aromatic carbocycles. The molecule has 6 heteroatoms. The number of nitrogens with two attached hydrogens (primary N) is 2. The average Bonchev–Trinajstić information content (AvgIpc) is 2.00. The molecule has 1 amide bonds. The number of hydrogen-bond acceptors (Lipinski definition) is 4. The summed E-state index contributed by atoms with van der Waals surface area (Å²) in [6, 6.07) is 0. The van der Waals surface area contributed by atoms with Crippen LogP contribution in [0.2, 0.25) is 0 Å². The van der Waals surface area contributed by atoms with Gasteiger partial charge >= 0.3 is 0 Å². The van der Waals surface area contributed by atoms with E-state index in [0.717, 1.165) is 0 Å². The Morgan fingerprint density at radius 1 is 1.46 bits per heavy atom. The smallest absolute Gasteiger partial charge is 0.218 e. The molecule has 13 heavy (non-hydrogen) atoms.